The van der Waals surface area contributed by atoms with Crippen LogP contribution in [-0.4, -0.2) is 23.7 Å². The van der Waals surface area contributed by atoms with Crippen LogP contribution >= 0.6 is 0 Å². The number of aryl methyl sites for hydroxylation is 3. The molecule has 0 bridgehead atoms. The molecule has 0 saturated heterocycles. The molecule has 2 atom stereocenters. The van der Waals surface area contributed by atoms with Crippen LogP contribution in [0.4, 0.5) is 0 Å². The van der Waals surface area contributed by atoms with Gasteiger partial charge >= 0.3 is 0 Å². The van der Waals surface area contributed by atoms with E-state index in [1.54, 1.807) is 7.11 Å². The van der Waals surface area contributed by atoms with Gasteiger partial charge in [0.25, 0.3) is 0 Å². The summed E-state index contributed by atoms with van der Waals surface area (Å²) in [5, 5.41) is 0. The molecule has 0 aliphatic heterocycles. The fourth-order valence-corrected chi connectivity index (χ4v) is 3.03. The van der Waals surface area contributed by atoms with Crippen molar-refractivity contribution in [1.29, 1.82) is 0 Å². The highest BCUT2D eigenvalue weighted by Crippen LogP contribution is 2.49. The average molecular weight is 312 g/mol. The Hall–Kier alpha value is -2.10. The normalized spacial score (nSPS) is 19.5. The predicted octanol–water partition coefficient (Wildman–Crippen LogP) is 3.85. The van der Waals surface area contributed by atoms with Gasteiger partial charge < -0.3 is 9.47 Å². The molecule has 0 N–H and O–H groups in total. The largest absolute Gasteiger partial charge is 0.497 e. The van der Waals surface area contributed by atoms with Crippen molar-refractivity contribution in [2.24, 2.45) is 5.92 Å². The molecule has 0 spiro atoms. The lowest BCUT2D eigenvalue weighted by Crippen LogP contribution is -2.05. The van der Waals surface area contributed by atoms with Crippen molar-refractivity contribution in [3.8, 4) is 11.6 Å². The summed E-state index contributed by atoms with van der Waals surface area (Å²) in [5.74, 6) is 3.57. The Labute approximate surface area is 137 Å². The second-order valence-electron chi connectivity index (χ2n) is 6.24. The van der Waals surface area contributed by atoms with Crippen LogP contribution in [0.5, 0.6) is 11.6 Å². The second kappa shape index (κ2) is 6.57. The minimum absolute atomic E-state index is 0.573. The molecule has 1 heterocycles. The highest BCUT2D eigenvalue weighted by molar-refractivity contribution is 5.40. The summed E-state index contributed by atoms with van der Waals surface area (Å²) in [4.78, 5) is 8.56. The molecule has 1 saturated carbocycles. The summed E-state index contributed by atoms with van der Waals surface area (Å²) >= 11 is 0. The first-order chi connectivity index (χ1) is 11.1. The van der Waals surface area contributed by atoms with Crippen molar-refractivity contribution >= 4 is 0 Å². The molecule has 0 radical (unpaired) electrons. The Morgan fingerprint density at radius 2 is 2.09 bits per heavy atom. The molecule has 4 heteroatoms. The number of benzene rings is 1. The van der Waals surface area contributed by atoms with E-state index < -0.39 is 0 Å². The third kappa shape index (κ3) is 3.46. The molecular weight excluding hydrogens is 288 g/mol. The van der Waals surface area contributed by atoms with Crippen LogP contribution < -0.4 is 9.47 Å². The van der Waals surface area contributed by atoms with E-state index in [4.69, 9.17) is 9.47 Å². The fraction of sp³-hybridized carbons (Fsp3) is 0.474. The van der Waals surface area contributed by atoms with E-state index >= 15 is 0 Å². The molecule has 4 nitrogen and oxygen atoms in total. The number of rotatable bonds is 6. The van der Waals surface area contributed by atoms with E-state index in [1.807, 2.05) is 20.0 Å². The SMILES string of the molecule is CCc1cc(OC)ccc1C1CC1COc1nc(C)ncc1C. The van der Waals surface area contributed by atoms with E-state index in [1.165, 1.54) is 17.5 Å². The van der Waals surface area contributed by atoms with Crippen LogP contribution in [-0.2, 0) is 6.42 Å². The maximum absolute atomic E-state index is 5.94. The summed E-state index contributed by atoms with van der Waals surface area (Å²) in [6, 6.07) is 6.43. The molecular formula is C19H24N2O2. The minimum Gasteiger partial charge on any atom is -0.497 e. The zero-order chi connectivity index (χ0) is 16.4. The Bertz CT molecular complexity index is 700. The quantitative estimate of drug-likeness (QED) is 0.813. The first-order valence-electron chi connectivity index (χ1n) is 8.22. The van der Waals surface area contributed by atoms with Gasteiger partial charge in [0.15, 0.2) is 0 Å². The van der Waals surface area contributed by atoms with Gasteiger partial charge in [-0.25, -0.2) is 4.98 Å². The lowest BCUT2D eigenvalue weighted by Gasteiger charge is -2.11. The molecule has 0 amide bonds. The molecule has 2 aromatic rings. The lowest BCUT2D eigenvalue weighted by atomic mass is 10.00. The number of aromatic nitrogens is 2. The summed E-state index contributed by atoms with van der Waals surface area (Å²) in [6.45, 7) is 6.78. The van der Waals surface area contributed by atoms with Gasteiger partial charge in [0.1, 0.15) is 11.6 Å². The Morgan fingerprint density at radius 3 is 2.83 bits per heavy atom. The zero-order valence-electron chi connectivity index (χ0n) is 14.3. The summed E-state index contributed by atoms with van der Waals surface area (Å²) < 4.78 is 11.3. The molecule has 1 aliphatic carbocycles. The topological polar surface area (TPSA) is 44.2 Å². The molecule has 23 heavy (non-hydrogen) atoms. The van der Waals surface area contributed by atoms with Gasteiger partial charge in [-0.05, 0) is 55.9 Å². The monoisotopic (exact) mass is 312 g/mol. The molecule has 1 aromatic heterocycles. The van der Waals surface area contributed by atoms with Gasteiger partial charge in [0.2, 0.25) is 5.88 Å². The van der Waals surface area contributed by atoms with E-state index in [2.05, 4.69) is 35.1 Å². The standard InChI is InChI=1S/C19H24N2O2/c1-5-14-8-16(22-4)6-7-17(14)18-9-15(18)11-23-19-12(2)10-20-13(3)21-19/h6-8,10,15,18H,5,9,11H2,1-4H3. The Balaban J connectivity index is 1.65. The van der Waals surface area contributed by atoms with Gasteiger partial charge in [-0.1, -0.05) is 13.0 Å². The van der Waals surface area contributed by atoms with E-state index in [-0.39, 0.29) is 0 Å². The van der Waals surface area contributed by atoms with Crippen LogP contribution in [0.2, 0.25) is 0 Å². The van der Waals surface area contributed by atoms with Crippen molar-refractivity contribution in [3.05, 3.63) is 46.9 Å². The predicted molar refractivity (Wildman–Crippen MR) is 90.2 cm³/mol. The first-order valence-corrected chi connectivity index (χ1v) is 8.22. The van der Waals surface area contributed by atoms with Gasteiger partial charge in [0, 0.05) is 17.7 Å². The Kier molecular flexibility index (Phi) is 4.51. The van der Waals surface area contributed by atoms with Crippen LogP contribution in [0.3, 0.4) is 0 Å². The maximum atomic E-state index is 5.94. The van der Waals surface area contributed by atoms with Crippen LogP contribution in [0.15, 0.2) is 24.4 Å². The Morgan fingerprint density at radius 1 is 1.26 bits per heavy atom. The molecule has 1 fully saturated rings. The third-order valence-corrected chi connectivity index (χ3v) is 4.53. The molecule has 1 aliphatic rings. The number of hydrogen-bond acceptors (Lipinski definition) is 4. The number of ether oxygens (including phenoxy) is 2. The van der Waals surface area contributed by atoms with Crippen LogP contribution in [0.1, 0.15) is 41.8 Å². The van der Waals surface area contributed by atoms with Crippen molar-refractivity contribution in [1.82, 2.24) is 9.97 Å². The minimum atomic E-state index is 0.573. The van der Waals surface area contributed by atoms with Crippen molar-refractivity contribution in [2.45, 2.75) is 39.5 Å². The smallest absolute Gasteiger partial charge is 0.219 e. The zero-order valence-corrected chi connectivity index (χ0v) is 14.3. The summed E-state index contributed by atoms with van der Waals surface area (Å²) in [6.07, 6.45) is 4.03. The van der Waals surface area contributed by atoms with Crippen molar-refractivity contribution in [2.75, 3.05) is 13.7 Å². The van der Waals surface area contributed by atoms with Crippen LogP contribution in [0.25, 0.3) is 0 Å². The van der Waals surface area contributed by atoms with Gasteiger partial charge in [0.05, 0.1) is 13.7 Å². The molecule has 1 aromatic carbocycles. The third-order valence-electron chi connectivity index (χ3n) is 4.53. The number of nitrogens with zero attached hydrogens (tertiary/aromatic N) is 2. The second-order valence-corrected chi connectivity index (χ2v) is 6.24. The average Bonchev–Trinajstić information content (AvgIpc) is 3.34. The first kappa shape index (κ1) is 15.8. The van der Waals surface area contributed by atoms with Gasteiger partial charge in [-0.2, -0.15) is 4.98 Å². The van der Waals surface area contributed by atoms with Crippen molar-refractivity contribution in [3.63, 3.8) is 0 Å². The van der Waals surface area contributed by atoms with E-state index in [0.717, 1.165) is 30.2 Å². The molecule has 3 rings (SSSR count). The van der Waals surface area contributed by atoms with Gasteiger partial charge in [-0.3, -0.25) is 0 Å². The van der Waals surface area contributed by atoms with Crippen molar-refractivity contribution < 1.29 is 9.47 Å². The van der Waals surface area contributed by atoms with Crippen LogP contribution in [0, 0.1) is 19.8 Å². The highest BCUT2D eigenvalue weighted by Gasteiger charge is 2.40. The maximum Gasteiger partial charge on any atom is 0.219 e. The lowest BCUT2D eigenvalue weighted by molar-refractivity contribution is 0.282. The molecule has 122 valence electrons. The molecule has 2 unspecified atom stereocenters. The summed E-state index contributed by atoms with van der Waals surface area (Å²) in [7, 11) is 1.72. The summed E-state index contributed by atoms with van der Waals surface area (Å²) in [5.41, 5.74) is 3.81. The number of methoxy groups -OCH3 is 1. The fourth-order valence-electron chi connectivity index (χ4n) is 3.03. The van der Waals surface area contributed by atoms with Gasteiger partial charge in [-0.15, -0.1) is 0 Å². The highest BCUT2D eigenvalue weighted by atomic mass is 16.5. The van der Waals surface area contributed by atoms with E-state index in [9.17, 15) is 0 Å². The van der Waals surface area contributed by atoms with E-state index in [0.29, 0.717) is 17.7 Å². The number of hydrogen-bond donors (Lipinski definition) is 0.